The van der Waals surface area contributed by atoms with Gasteiger partial charge in [-0.05, 0) is 30.2 Å². The lowest BCUT2D eigenvalue weighted by Gasteiger charge is -2.26. The van der Waals surface area contributed by atoms with Crippen molar-refractivity contribution in [3.63, 3.8) is 0 Å². The van der Waals surface area contributed by atoms with Crippen LogP contribution in [0.2, 0.25) is 0 Å². The van der Waals surface area contributed by atoms with Crippen LogP contribution in [0.1, 0.15) is 47.8 Å². The Morgan fingerprint density at radius 1 is 1.03 bits per heavy atom. The second-order valence-electron chi connectivity index (χ2n) is 8.02. The lowest BCUT2D eigenvalue weighted by Crippen LogP contribution is -2.35. The van der Waals surface area contributed by atoms with E-state index in [1.807, 2.05) is 30.3 Å². The predicted molar refractivity (Wildman–Crippen MR) is 122 cm³/mol. The second-order valence-corrected chi connectivity index (χ2v) is 8.02. The molecule has 0 aliphatic heterocycles. The molecule has 0 saturated carbocycles. The maximum atomic E-state index is 13.5. The number of Topliss-reactive ketones (excluding diaryl/α,β-unsaturated/α-hetero) is 1. The van der Waals surface area contributed by atoms with Gasteiger partial charge in [0.05, 0.1) is 13.0 Å². The molecule has 3 aromatic rings. The van der Waals surface area contributed by atoms with Crippen LogP contribution in [0.15, 0.2) is 66.9 Å². The summed E-state index contributed by atoms with van der Waals surface area (Å²) >= 11 is 0. The van der Waals surface area contributed by atoms with Crippen LogP contribution in [0.5, 0.6) is 11.5 Å². The number of aromatic nitrogens is 1. The van der Waals surface area contributed by atoms with Crippen LogP contribution >= 0.6 is 0 Å². The second kappa shape index (κ2) is 10.8. The molecule has 0 aliphatic rings. The fourth-order valence-electron chi connectivity index (χ4n) is 3.82. The van der Waals surface area contributed by atoms with Crippen molar-refractivity contribution in [3.8, 4) is 11.5 Å². The smallest absolute Gasteiger partial charge is 0.309 e. The molecule has 0 spiro atoms. The van der Waals surface area contributed by atoms with E-state index in [1.54, 1.807) is 19.1 Å². The van der Waals surface area contributed by atoms with E-state index in [9.17, 15) is 24.3 Å². The first-order valence-corrected chi connectivity index (χ1v) is 10.8. The van der Waals surface area contributed by atoms with Crippen molar-refractivity contribution in [3.05, 3.63) is 94.7 Å². The number of esters is 1. The molecule has 34 heavy (non-hydrogen) atoms. The molecule has 1 aromatic heterocycles. The monoisotopic (exact) mass is 467 g/mol. The zero-order chi connectivity index (χ0) is 24.8. The number of carbonyl (C=O) groups excluding carboxylic acids is 2. The molecule has 2 aromatic carbocycles. The van der Waals surface area contributed by atoms with E-state index in [2.05, 4.69) is 0 Å². The van der Waals surface area contributed by atoms with Crippen LogP contribution in [-0.2, 0) is 9.53 Å². The molecule has 0 aliphatic carbocycles. The summed E-state index contributed by atoms with van der Waals surface area (Å²) in [5, 5.41) is 22.2. The topological polar surface area (TPSA) is 99.8 Å². The number of carbonyl (C=O) groups is 2. The number of methoxy groups -OCH3 is 1. The van der Waals surface area contributed by atoms with Crippen LogP contribution in [0.4, 0.5) is 4.39 Å². The standard InChI is InChI=1S/C26H26FNO6/c1-16(15-21(29)24-25(30)22(33-3)13-14-28(24)32)26(31)34-17(2)23(18-7-5-4-6-8-18)19-9-11-20(27)12-10-19/h4-14,16-17,23,30H,15H2,1-3H3/t16-,17+,23+/m1/s1. The van der Waals surface area contributed by atoms with Gasteiger partial charge in [-0.2, -0.15) is 4.73 Å². The predicted octanol–water partition coefficient (Wildman–Crippen LogP) is 4.15. The van der Waals surface area contributed by atoms with Crippen molar-refractivity contribution < 1.29 is 33.3 Å². The Morgan fingerprint density at radius 2 is 1.65 bits per heavy atom. The van der Waals surface area contributed by atoms with Gasteiger partial charge in [-0.1, -0.05) is 49.4 Å². The maximum Gasteiger partial charge on any atom is 0.309 e. The fraction of sp³-hybridized carbons (Fsp3) is 0.269. The molecule has 0 amide bonds. The molecule has 7 nitrogen and oxygen atoms in total. The summed E-state index contributed by atoms with van der Waals surface area (Å²) < 4.78 is 24.3. The Hall–Kier alpha value is -3.94. The molecule has 0 saturated heterocycles. The van der Waals surface area contributed by atoms with Gasteiger partial charge in [0.15, 0.2) is 11.9 Å². The molecular formula is C26H26FNO6. The highest BCUT2D eigenvalue weighted by molar-refractivity contribution is 5.98. The summed E-state index contributed by atoms with van der Waals surface area (Å²) in [7, 11) is 1.30. The van der Waals surface area contributed by atoms with Crippen molar-refractivity contribution in [1.82, 2.24) is 0 Å². The van der Waals surface area contributed by atoms with E-state index in [0.717, 1.165) is 17.3 Å². The van der Waals surface area contributed by atoms with E-state index in [4.69, 9.17) is 9.47 Å². The Bertz CT molecular complexity index is 1150. The van der Waals surface area contributed by atoms with Gasteiger partial charge >= 0.3 is 11.7 Å². The minimum absolute atomic E-state index is 0.0238. The Labute approximate surface area is 197 Å². The van der Waals surface area contributed by atoms with E-state index >= 15 is 0 Å². The number of halogens is 1. The van der Waals surface area contributed by atoms with Crippen LogP contribution < -0.4 is 9.47 Å². The van der Waals surface area contributed by atoms with Gasteiger partial charge in [0.2, 0.25) is 11.5 Å². The van der Waals surface area contributed by atoms with Gasteiger partial charge in [-0.15, -0.1) is 0 Å². The van der Waals surface area contributed by atoms with E-state index < -0.39 is 35.2 Å². The highest BCUT2D eigenvalue weighted by Crippen LogP contribution is 2.31. The summed E-state index contributed by atoms with van der Waals surface area (Å²) in [6.07, 6.45) is 0.0676. The van der Waals surface area contributed by atoms with Crippen LogP contribution in [0.25, 0.3) is 0 Å². The van der Waals surface area contributed by atoms with Gasteiger partial charge in [0.1, 0.15) is 11.9 Å². The first-order chi connectivity index (χ1) is 16.2. The van der Waals surface area contributed by atoms with Crippen LogP contribution in [0.3, 0.4) is 0 Å². The number of nitrogens with zero attached hydrogens (tertiary/aromatic N) is 1. The molecule has 1 heterocycles. The summed E-state index contributed by atoms with van der Waals surface area (Å²) in [5.74, 6) is -3.58. The fourth-order valence-corrected chi connectivity index (χ4v) is 3.82. The molecule has 178 valence electrons. The number of rotatable bonds is 9. The Morgan fingerprint density at radius 3 is 2.26 bits per heavy atom. The number of ether oxygens (including phenoxy) is 2. The first kappa shape index (κ1) is 24.7. The summed E-state index contributed by atoms with van der Waals surface area (Å²) in [5.41, 5.74) is 1.15. The molecule has 0 fully saturated rings. The van der Waals surface area contributed by atoms with Gasteiger partial charge in [0, 0.05) is 18.4 Å². The zero-order valence-electron chi connectivity index (χ0n) is 19.1. The highest BCUT2D eigenvalue weighted by atomic mass is 19.1. The van der Waals surface area contributed by atoms with E-state index in [1.165, 1.54) is 32.2 Å². The number of ketones is 1. The summed E-state index contributed by atoms with van der Waals surface area (Å²) in [6.45, 7) is 3.24. The quantitative estimate of drug-likeness (QED) is 0.220. The zero-order valence-corrected chi connectivity index (χ0v) is 19.1. The van der Waals surface area contributed by atoms with Crippen molar-refractivity contribution >= 4 is 11.8 Å². The average Bonchev–Trinajstić information content (AvgIpc) is 2.81. The van der Waals surface area contributed by atoms with E-state index in [-0.39, 0.29) is 28.6 Å². The normalized spacial score (nSPS) is 13.5. The molecule has 0 radical (unpaired) electrons. The lowest BCUT2D eigenvalue weighted by atomic mass is 9.87. The summed E-state index contributed by atoms with van der Waals surface area (Å²) in [6, 6.07) is 16.6. The molecule has 1 N–H and O–H groups in total. The van der Waals surface area contributed by atoms with Crippen molar-refractivity contribution in [2.45, 2.75) is 32.3 Å². The third-order valence-corrected chi connectivity index (χ3v) is 5.58. The third-order valence-electron chi connectivity index (χ3n) is 5.58. The molecule has 3 atom stereocenters. The number of hydrogen-bond acceptors (Lipinski definition) is 6. The molecule has 8 heteroatoms. The third kappa shape index (κ3) is 5.51. The van der Waals surface area contributed by atoms with Crippen molar-refractivity contribution in [2.75, 3.05) is 7.11 Å². The van der Waals surface area contributed by atoms with Crippen LogP contribution in [-0.4, -0.2) is 30.1 Å². The van der Waals surface area contributed by atoms with Crippen LogP contribution in [0, 0.1) is 16.9 Å². The summed E-state index contributed by atoms with van der Waals surface area (Å²) in [4.78, 5) is 25.5. The molecule has 0 bridgehead atoms. The van der Waals surface area contributed by atoms with Gasteiger partial charge in [-0.3, -0.25) is 9.59 Å². The number of benzene rings is 2. The van der Waals surface area contributed by atoms with Gasteiger partial charge in [0.25, 0.3) is 0 Å². The number of pyridine rings is 1. The lowest BCUT2D eigenvalue weighted by molar-refractivity contribution is -0.608. The largest absolute Gasteiger partial charge is 0.618 e. The minimum Gasteiger partial charge on any atom is -0.618 e. The van der Waals surface area contributed by atoms with Gasteiger partial charge in [-0.25, -0.2) is 4.39 Å². The van der Waals surface area contributed by atoms with Crippen molar-refractivity contribution in [1.29, 1.82) is 0 Å². The first-order valence-electron chi connectivity index (χ1n) is 10.8. The molecule has 0 unspecified atom stereocenters. The number of hydrogen-bond donors (Lipinski definition) is 1. The Kier molecular flexibility index (Phi) is 7.83. The van der Waals surface area contributed by atoms with E-state index in [0.29, 0.717) is 0 Å². The maximum absolute atomic E-state index is 13.5. The average molecular weight is 467 g/mol. The minimum atomic E-state index is -0.884. The molecule has 3 rings (SSSR count). The SMILES string of the molecule is COc1cc[n+]([O-])c(C(=O)C[C@@H](C)C(=O)O[C@@H](C)[C@@H](c2ccccc2)c2ccc(F)cc2)c1O. The molecular weight excluding hydrogens is 441 g/mol. The number of aromatic hydroxyl groups is 1. The highest BCUT2D eigenvalue weighted by Gasteiger charge is 2.31. The Balaban J connectivity index is 1.76. The van der Waals surface area contributed by atoms with Gasteiger partial charge < -0.3 is 19.8 Å². The van der Waals surface area contributed by atoms with Crippen molar-refractivity contribution in [2.24, 2.45) is 5.92 Å².